The van der Waals surface area contributed by atoms with Gasteiger partial charge >= 0.3 is 0 Å². The van der Waals surface area contributed by atoms with Gasteiger partial charge in [-0.3, -0.25) is 4.79 Å². The zero-order valence-electron chi connectivity index (χ0n) is 8.11. The van der Waals surface area contributed by atoms with Crippen LogP contribution in [-0.4, -0.2) is 15.0 Å². The van der Waals surface area contributed by atoms with Gasteiger partial charge in [0.25, 0.3) is 5.56 Å². The summed E-state index contributed by atoms with van der Waals surface area (Å²) in [5.74, 6) is 0.116. The van der Waals surface area contributed by atoms with E-state index in [0.29, 0.717) is 16.9 Å². The lowest BCUT2D eigenvalue weighted by molar-refractivity contribution is 0.805. The summed E-state index contributed by atoms with van der Waals surface area (Å²) in [5, 5.41) is 0. The maximum atomic E-state index is 11.5. The van der Waals surface area contributed by atoms with Crippen LogP contribution in [0.5, 0.6) is 0 Å². The van der Waals surface area contributed by atoms with Crippen molar-refractivity contribution in [1.29, 1.82) is 0 Å². The maximum Gasteiger partial charge on any atom is 0.270 e. The van der Waals surface area contributed by atoms with E-state index in [4.69, 9.17) is 0 Å². The molecule has 0 radical (unpaired) electrons. The standard InChI is InChI=1S/C10H11N3O/c1-6(2)8-10(14)12-7-4-3-5-11-9(7)13-8/h3-6H,1-2H3,(H,12,14). The molecule has 0 unspecified atom stereocenters. The summed E-state index contributed by atoms with van der Waals surface area (Å²) in [6.45, 7) is 3.87. The molecular weight excluding hydrogens is 178 g/mol. The third kappa shape index (κ3) is 1.39. The monoisotopic (exact) mass is 189 g/mol. The van der Waals surface area contributed by atoms with Crippen LogP contribution >= 0.6 is 0 Å². The predicted octanol–water partition coefficient (Wildman–Crippen LogP) is 1.44. The molecule has 0 amide bonds. The summed E-state index contributed by atoms with van der Waals surface area (Å²) < 4.78 is 0. The first-order chi connectivity index (χ1) is 6.68. The van der Waals surface area contributed by atoms with Gasteiger partial charge in [0.1, 0.15) is 5.69 Å². The number of fused-ring (bicyclic) bond motifs is 1. The average molecular weight is 189 g/mol. The van der Waals surface area contributed by atoms with Crippen molar-refractivity contribution in [1.82, 2.24) is 15.0 Å². The van der Waals surface area contributed by atoms with Gasteiger partial charge in [0.15, 0.2) is 5.65 Å². The zero-order chi connectivity index (χ0) is 10.1. The number of aromatic amines is 1. The van der Waals surface area contributed by atoms with Crippen LogP contribution in [0.25, 0.3) is 11.2 Å². The molecule has 0 aliphatic rings. The molecule has 4 heteroatoms. The van der Waals surface area contributed by atoms with Gasteiger partial charge in [0, 0.05) is 12.1 Å². The molecule has 0 aromatic carbocycles. The number of hydrogen-bond acceptors (Lipinski definition) is 3. The Morgan fingerprint density at radius 2 is 2.21 bits per heavy atom. The highest BCUT2D eigenvalue weighted by atomic mass is 16.1. The number of nitrogens with one attached hydrogen (secondary N) is 1. The molecule has 14 heavy (non-hydrogen) atoms. The molecular formula is C10H11N3O. The molecule has 0 atom stereocenters. The highest BCUT2D eigenvalue weighted by Crippen LogP contribution is 2.09. The summed E-state index contributed by atoms with van der Waals surface area (Å²) in [7, 11) is 0. The second kappa shape index (κ2) is 3.21. The van der Waals surface area contributed by atoms with Crippen LogP contribution in [0.4, 0.5) is 0 Å². The molecule has 0 aliphatic heterocycles. The quantitative estimate of drug-likeness (QED) is 0.738. The lowest BCUT2D eigenvalue weighted by Crippen LogP contribution is -2.16. The molecule has 4 nitrogen and oxygen atoms in total. The van der Waals surface area contributed by atoms with Gasteiger partial charge in [-0.05, 0) is 12.1 Å². The number of aromatic nitrogens is 3. The van der Waals surface area contributed by atoms with Gasteiger partial charge in [-0.25, -0.2) is 9.97 Å². The number of hydrogen-bond donors (Lipinski definition) is 1. The first kappa shape index (κ1) is 8.87. The van der Waals surface area contributed by atoms with Crippen molar-refractivity contribution < 1.29 is 0 Å². The van der Waals surface area contributed by atoms with Crippen molar-refractivity contribution in [2.24, 2.45) is 0 Å². The van der Waals surface area contributed by atoms with Crippen molar-refractivity contribution in [3.05, 3.63) is 34.4 Å². The topological polar surface area (TPSA) is 58.6 Å². The van der Waals surface area contributed by atoms with Crippen LogP contribution in [0.15, 0.2) is 23.1 Å². The van der Waals surface area contributed by atoms with E-state index in [-0.39, 0.29) is 11.5 Å². The summed E-state index contributed by atoms with van der Waals surface area (Å²) in [6, 6.07) is 3.57. The molecule has 72 valence electrons. The molecule has 0 saturated heterocycles. The summed E-state index contributed by atoms with van der Waals surface area (Å²) >= 11 is 0. The molecule has 0 fully saturated rings. The first-order valence-electron chi connectivity index (χ1n) is 4.53. The smallest absolute Gasteiger partial charge is 0.270 e. The fraction of sp³-hybridized carbons (Fsp3) is 0.300. The van der Waals surface area contributed by atoms with Gasteiger partial charge in [0.05, 0.1) is 5.52 Å². The van der Waals surface area contributed by atoms with E-state index in [1.807, 2.05) is 13.8 Å². The van der Waals surface area contributed by atoms with Crippen molar-refractivity contribution >= 4 is 11.2 Å². The summed E-state index contributed by atoms with van der Waals surface area (Å²) in [6.07, 6.45) is 1.66. The van der Waals surface area contributed by atoms with Crippen LogP contribution in [-0.2, 0) is 0 Å². The van der Waals surface area contributed by atoms with Gasteiger partial charge in [-0.1, -0.05) is 13.8 Å². The molecule has 0 aliphatic carbocycles. The highest BCUT2D eigenvalue weighted by molar-refractivity contribution is 5.68. The normalized spacial score (nSPS) is 11.1. The fourth-order valence-corrected chi connectivity index (χ4v) is 1.33. The van der Waals surface area contributed by atoms with E-state index < -0.39 is 0 Å². The first-order valence-corrected chi connectivity index (χ1v) is 4.53. The lowest BCUT2D eigenvalue weighted by atomic mass is 10.1. The Morgan fingerprint density at radius 1 is 1.43 bits per heavy atom. The van der Waals surface area contributed by atoms with Gasteiger partial charge < -0.3 is 4.98 Å². The molecule has 0 bridgehead atoms. The molecule has 2 aromatic heterocycles. The minimum atomic E-state index is -0.125. The maximum absolute atomic E-state index is 11.5. The Kier molecular flexibility index (Phi) is 2.04. The van der Waals surface area contributed by atoms with Crippen LogP contribution in [0.2, 0.25) is 0 Å². The minimum Gasteiger partial charge on any atom is -0.318 e. The van der Waals surface area contributed by atoms with E-state index in [9.17, 15) is 4.79 Å². The fourth-order valence-electron chi connectivity index (χ4n) is 1.33. The highest BCUT2D eigenvalue weighted by Gasteiger charge is 2.08. The second-order valence-corrected chi connectivity index (χ2v) is 3.48. The number of rotatable bonds is 1. The summed E-state index contributed by atoms with van der Waals surface area (Å²) in [5.41, 5.74) is 1.69. The van der Waals surface area contributed by atoms with Crippen molar-refractivity contribution in [2.45, 2.75) is 19.8 Å². The summed E-state index contributed by atoms with van der Waals surface area (Å²) in [4.78, 5) is 22.6. The SMILES string of the molecule is CC(C)c1nc2ncccc2[nH]c1=O. The molecule has 2 aromatic rings. The van der Waals surface area contributed by atoms with Gasteiger partial charge in [-0.2, -0.15) is 0 Å². The Hall–Kier alpha value is -1.71. The van der Waals surface area contributed by atoms with Crippen LogP contribution < -0.4 is 5.56 Å². The Balaban J connectivity index is 2.78. The van der Waals surface area contributed by atoms with E-state index in [0.717, 1.165) is 0 Å². The van der Waals surface area contributed by atoms with Gasteiger partial charge in [0.2, 0.25) is 0 Å². The van der Waals surface area contributed by atoms with Crippen LogP contribution in [0.3, 0.4) is 0 Å². The molecule has 1 N–H and O–H groups in total. The Morgan fingerprint density at radius 3 is 2.93 bits per heavy atom. The second-order valence-electron chi connectivity index (χ2n) is 3.48. The number of nitrogens with zero attached hydrogens (tertiary/aromatic N) is 2. The molecule has 2 rings (SSSR count). The van der Waals surface area contributed by atoms with Crippen LogP contribution in [0, 0.1) is 0 Å². The van der Waals surface area contributed by atoms with Crippen molar-refractivity contribution in [3.8, 4) is 0 Å². The van der Waals surface area contributed by atoms with E-state index in [2.05, 4.69) is 15.0 Å². The van der Waals surface area contributed by atoms with Gasteiger partial charge in [-0.15, -0.1) is 0 Å². The lowest BCUT2D eigenvalue weighted by Gasteiger charge is -2.03. The van der Waals surface area contributed by atoms with E-state index in [1.54, 1.807) is 18.3 Å². The zero-order valence-corrected chi connectivity index (χ0v) is 8.11. The Bertz CT molecular complexity index is 516. The molecule has 0 saturated carbocycles. The van der Waals surface area contributed by atoms with Crippen molar-refractivity contribution in [3.63, 3.8) is 0 Å². The number of H-pyrrole nitrogens is 1. The largest absolute Gasteiger partial charge is 0.318 e. The third-order valence-corrected chi connectivity index (χ3v) is 2.04. The molecule has 0 spiro atoms. The van der Waals surface area contributed by atoms with Crippen LogP contribution in [0.1, 0.15) is 25.5 Å². The average Bonchev–Trinajstić information content (AvgIpc) is 2.16. The molecule has 2 heterocycles. The minimum absolute atomic E-state index is 0.116. The third-order valence-electron chi connectivity index (χ3n) is 2.04. The van der Waals surface area contributed by atoms with Crippen molar-refractivity contribution in [2.75, 3.05) is 0 Å². The predicted molar refractivity (Wildman–Crippen MR) is 54.2 cm³/mol. The van der Waals surface area contributed by atoms with E-state index in [1.165, 1.54) is 0 Å². The van der Waals surface area contributed by atoms with E-state index >= 15 is 0 Å². The Labute approximate surface area is 81.0 Å². The number of pyridine rings is 1.